The Morgan fingerprint density at radius 3 is 2.84 bits per heavy atom. The molecule has 0 spiro atoms. The van der Waals surface area contributed by atoms with Gasteiger partial charge in [0.05, 0.1) is 17.4 Å². The van der Waals surface area contributed by atoms with E-state index in [2.05, 4.69) is 14.1 Å². The molecule has 1 amide bonds. The fourth-order valence-electron chi connectivity index (χ4n) is 1.78. The first-order chi connectivity index (χ1) is 9.24. The molecule has 1 heterocycles. The molecule has 2 aromatic carbocycles. The fourth-order valence-corrected chi connectivity index (χ4v) is 2.33. The zero-order valence-electron chi connectivity index (χ0n) is 9.83. The zero-order chi connectivity index (χ0) is 13.2. The maximum atomic E-state index is 12.1. The van der Waals surface area contributed by atoms with E-state index in [0.717, 1.165) is 17.2 Å². The highest BCUT2D eigenvalue weighted by atomic mass is 32.1. The van der Waals surface area contributed by atoms with E-state index in [9.17, 15) is 4.79 Å². The van der Waals surface area contributed by atoms with Gasteiger partial charge in [-0.3, -0.25) is 4.79 Å². The first-order valence-corrected chi connectivity index (χ1v) is 6.35. The lowest BCUT2D eigenvalue weighted by Crippen LogP contribution is -2.12. The van der Waals surface area contributed by atoms with Gasteiger partial charge in [0.2, 0.25) is 0 Å². The van der Waals surface area contributed by atoms with E-state index in [1.807, 2.05) is 12.1 Å². The van der Waals surface area contributed by atoms with Crippen molar-refractivity contribution in [2.24, 2.45) is 0 Å². The number of nitrogens with two attached hydrogens (primary N) is 1. The summed E-state index contributed by atoms with van der Waals surface area (Å²) in [4.78, 5) is 12.1. The van der Waals surface area contributed by atoms with Crippen molar-refractivity contribution in [3.05, 3.63) is 48.0 Å². The van der Waals surface area contributed by atoms with Crippen LogP contribution in [0, 0.1) is 0 Å². The number of nitrogens with zero attached hydrogens (tertiary/aromatic N) is 2. The van der Waals surface area contributed by atoms with Crippen LogP contribution < -0.4 is 11.1 Å². The Bertz CT molecular complexity index is 753. The number of hydrogen-bond donors (Lipinski definition) is 2. The Morgan fingerprint density at radius 1 is 1.16 bits per heavy atom. The number of carbonyl (C=O) groups excluding carboxylic acids is 1. The van der Waals surface area contributed by atoms with E-state index in [1.165, 1.54) is 0 Å². The van der Waals surface area contributed by atoms with Gasteiger partial charge in [0.25, 0.3) is 5.91 Å². The molecule has 19 heavy (non-hydrogen) atoms. The standard InChI is InChI=1S/C13H10N4OS/c14-9-4-1-3-8(7-9)13(18)15-10-5-2-6-11-12(10)17-19-16-11/h1-7H,14H2,(H,15,18). The van der Waals surface area contributed by atoms with Gasteiger partial charge in [-0.25, -0.2) is 0 Å². The molecule has 0 atom stereocenters. The van der Waals surface area contributed by atoms with Crippen LogP contribution in [-0.4, -0.2) is 14.7 Å². The smallest absolute Gasteiger partial charge is 0.255 e. The molecule has 0 radical (unpaired) electrons. The molecule has 0 bridgehead atoms. The number of nitrogen functional groups attached to an aromatic ring is 1. The van der Waals surface area contributed by atoms with Gasteiger partial charge in [0.1, 0.15) is 11.0 Å². The minimum absolute atomic E-state index is 0.215. The first-order valence-electron chi connectivity index (χ1n) is 5.62. The summed E-state index contributed by atoms with van der Waals surface area (Å²) in [6, 6.07) is 12.3. The van der Waals surface area contributed by atoms with Gasteiger partial charge in [-0.15, -0.1) is 0 Å². The summed E-state index contributed by atoms with van der Waals surface area (Å²) < 4.78 is 8.31. The number of benzene rings is 2. The molecular weight excluding hydrogens is 260 g/mol. The molecule has 3 aromatic rings. The van der Waals surface area contributed by atoms with Gasteiger partial charge >= 0.3 is 0 Å². The lowest BCUT2D eigenvalue weighted by atomic mass is 10.2. The normalized spacial score (nSPS) is 10.5. The molecule has 0 unspecified atom stereocenters. The van der Waals surface area contributed by atoms with Gasteiger partial charge in [-0.1, -0.05) is 12.1 Å². The van der Waals surface area contributed by atoms with E-state index < -0.39 is 0 Å². The van der Waals surface area contributed by atoms with Gasteiger partial charge in [-0.05, 0) is 30.3 Å². The second kappa shape index (κ2) is 4.66. The number of amides is 1. The van der Waals surface area contributed by atoms with Crippen molar-refractivity contribution in [1.29, 1.82) is 0 Å². The van der Waals surface area contributed by atoms with Crippen molar-refractivity contribution in [3.8, 4) is 0 Å². The third-order valence-corrected chi connectivity index (χ3v) is 3.23. The Hall–Kier alpha value is -2.47. The number of aromatic nitrogens is 2. The Morgan fingerprint density at radius 2 is 2.00 bits per heavy atom. The number of hydrogen-bond acceptors (Lipinski definition) is 5. The average Bonchev–Trinajstić information content (AvgIpc) is 2.88. The Kier molecular flexibility index (Phi) is 2.85. The Labute approximate surface area is 113 Å². The van der Waals surface area contributed by atoms with E-state index in [4.69, 9.17) is 5.73 Å². The molecule has 0 aliphatic rings. The summed E-state index contributed by atoms with van der Waals surface area (Å²) in [6.45, 7) is 0. The van der Waals surface area contributed by atoms with Crippen LogP contribution in [-0.2, 0) is 0 Å². The van der Waals surface area contributed by atoms with Gasteiger partial charge < -0.3 is 11.1 Å². The largest absolute Gasteiger partial charge is 0.399 e. The number of nitrogens with one attached hydrogen (secondary N) is 1. The number of carbonyl (C=O) groups is 1. The minimum Gasteiger partial charge on any atom is -0.399 e. The van der Waals surface area contributed by atoms with Crippen molar-refractivity contribution in [1.82, 2.24) is 8.75 Å². The molecule has 5 nitrogen and oxygen atoms in total. The van der Waals surface area contributed by atoms with Crippen molar-refractivity contribution >= 4 is 40.0 Å². The topological polar surface area (TPSA) is 80.9 Å². The zero-order valence-corrected chi connectivity index (χ0v) is 10.6. The minimum atomic E-state index is -0.215. The average molecular weight is 270 g/mol. The molecule has 0 fully saturated rings. The van der Waals surface area contributed by atoms with Gasteiger partial charge in [0, 0.05) is 11.3 Å². The van der Waals surface area contributed by atoms with E-state index >= 15 is 0 Å². The third kappa shape index (κ3) is 2.25. The first kappa shape index (κ1) is 11.6. The molecule has 1 aromatic heterocycles. The molecule has 0 saturated heterocycles. The summed E-state index contributed by atoms with van der Waals surface area (Å²) in [5.41, 5.74) is 8.86. The van der Waals surface area contributed by atoms with Gasteiger partial charge in [-0.2, -0.15) is 8.75 Å². The van der Waals surface area contributed by atoms with Gasteiger partial charge in [0.15, 0.2) is 0 Å². The Balaban J connectivity index is 1.93. The van der Waals surface area contributed by atoms with Crippen molar-refractivity contribution in [3.63, 3.8) is 0 Å². The lowest BCUT2D eigenvalue weighted by molar-refractivity contribution is 0.102. The summed E-state index contributed by atoms with van der Waals surface area (Å²) in [6.07, 6.45) is 0. The molecule has 3 rings (SSSR count). The van der Waals surface area contributed by atoms with Crippen LogP contribution in [0.4, 0.5) is 11.4 Å². The highest BCUT2D eigenvalue weighted by Crippen LogP contribution is 2.21. The highest BCUT2D eigenvalue weighted by molar-refractivity contribution is 7.00. The second-order valence-corrected chi connectivity index (χ2v) is 4.55. The second-order valence-electron chi connectivity index (χ2n) is 4.02. The van der Waals surface area contributed by atoms with Crippen LogP contribution in [0.2, 0.25) is 0 Å². The summed E-state index contributed by atoms with van der Waals surface area (Å²) in [5, 5.41) is 2.82. The van der Waals surface area contributed by atoms with E-state index in [-0.39, 0.29) is 5.91 Å². The van der Waals surface area contributed by atoms with Crippen molar-refractivity contribution in [2.45, 2.75) is 0 Å². The predicted octanol–water partition coefficient (Wildman–Crippen LogP) is 2.53. The van der Waals surface area contributed by atoms with Crippen LogP contribution in [0.5, 0.6) is 0 Å². The van der Waals surface area contributed by atoms with Crippen LogP contribution in [0.3, 0.4) is 0 Å². The molecular formula is C13H10N4OS. The monoisotopic (exact) mass is 270 g/mol. The van der Waals surface area contributed by atoms with Crippen molar-refractivity contribution < 1.29 is 4.79 Å². The molecule has 0 aliphatic carbocycles. The molecule has 0 saturated carbocycles. The summed E-state index contributed by atoms with van der Waals surface area (Å²) in [7, 11) is 0. The molecule has 94 valence electrons. The number of rotatable bonds is 2. The van der Waals surface area contributed by atoms with Crippen LogP contribution in [0.15, 0.2) is 42.5 Å². The molecule has 3 N–H and O–H groups in total. The lowest BCUT2D eigenvalue weighted by Gasteiger charge is -2.06. The maximum Gasteiger partial charge on any atom is 0.255 e. The van der Waals surface area contributed by atoms with E-state index in [1.54, 1.807) is 30.3 Å². The molecule has 6 heteroatoms. The van der Waals surface area contributed by atoms with Crippen LogP contribution in [0.25, 0.3) is 11.0 Å². The van der Waals surface area contributed by atoms with Crippen molar-refractivity contribution in [2.75, 3.05) is 11.1 Å². The number of fused-ring (bicyclic) bond motifs is 1. The van der Waals surface area contributed by atoms with Crippen LogP contribution >= 0.6 is 11.7 Å². The third-order valence-electron chi connectivity index (χ3n) is 2.68. The molecule has 0 aliphatic heterocycles. The predicted molar refractivity (Wildman–Crippen MR) is 76.2 cm³/mol. The fraction of sp³-hybridized carbons (Fsp3) is 0. The SMILES string of the molecule is Nc1cccc(C(=O)Nc2cccc3nsnc23)c1. The number of anilines is 2. The van der Waals surface area contributed by atoms with Crippen LogP contribution in [0.1, 0.15) is 10.4 Å². The van der Waals surface area contributed by atoms with E-state index in [0.29, 0.717) is 22.5 Å². The summed E-state index contributed by atoms with van der Waals surface area (Å²) in [5.74, 6) is -0.215. The maximum absolute atomic E-state index is 12.1. The quantitative estimate of drug-likeness (QED) is 0.701. The summed E-state index contributed by atoms with van der Waals surface area (Å²) >= 11 is 1.12. The highest BCUT2D eigenvalue weighted by Gasteiger charge is 2.10.